The minimum atomic E-state index is -1.32. The number of hydrogen-bond acceptors (Lipinski definition) is 10. The number of carbonyl (C=O) groups excluding carboxylic acids is 2. The Bertz CT molecular complexity index is 2570. The number of carbonyl (C=O) groups is 2. The van der Waals surface area contributed by atoms with Crippen molar-refractivity contribution in [3.63, 3.8) is 0 Å². The van der Waals surface area contributed by atoms with Gasteiger partial charge < -0.3 is 29.2 Å². The van der Waals surface area contributed by atoms with Crippen molar-refractivity contribution in [3.8, 4) is 11.5 Å². The van der Waals surface area contributed by atoms with Crippen molar-refractivity contribution >= 4 is 23.6 Å². The topological polar surface area (TPSA) is 118 Å². The Morgan fingerprint density at radius 2 is 1.05 bits per heavy atom. The number of halogens is 4. The van der Waals surface area contributed by atoms with Gasteiger partial charge in [-0.25, -0.2) is 17.6 Å². The zero-order valence-electron chi connectivity index (χ0n) is 35.1. The van der Waals surface area contributed by atoms with Gasteiger partial charge in [-0.05, 0) is 93.5 Å². The number of para-hydroxylation sites is 2. The molecule has 63 heavy (non-hydrogen) atoms. The van der Waals surface area contributed by atoms with Crippen LogP contribution in [0, 0.1) is 23.3 Å². The third kappa shape index (κ3) is 7.33. The molecule has 0 radical (unpaired) electrons. The highest BCUT2D eigenvalue weighted by Gasteiger charge is 2.61. The Kier molecular flexibility index (Phi) is 10.5. The molecular formula is C47H46F4N6O6. The number of hydrazone groups is 2. The molecule has 4 aromatic rings. The lowest BCUT2D eigenvalue weighted by Gasteiger charge is -2.51. The second kappa shape index (κ2) is 15.7. The van der Waals surface area contributed by atoms with E-state index in [1.807, 2.05) is 55.5 Å². The number of likely N-dealkylation sites (tertiary alicyclic amines) is 1. The van der Waals surface area contributed by atoms with Gasteiger partial charge in [-0.3, -0.25) is 9.59 Å². The largest absolute Gasteiger partial charge is 0.486 e. The SMILES string of the molecule is C=C(C)N1CCC2(CC1)CC1(OC(c3cc(F)ccc3F)=NN1C(C)=O)c1ccccc1O2.CC(=O)N1N=C(c2cc(F)ccc2F)OC12CC1(CCNCC1)Oc1ccccc12. The fraction of sp³-hybridized carbons (Fsp3) is 0.362. The molecule has 4 spiro atoms. The van der Waals surface area contributed by atoms with E-state index in [-0.39, 0.29) is 34.7 Å². The van der Waals surface area contributed by atoms with Crippen LogP contribution in [0.5, 0.6) is 11.5 Å². The van der Waals surface area contributed by atoms with Crippen LogP contribution in [-0.4, -0.2) is 75.9 Å². The lowest BCUT2D eigenvalue weighted by atomic mass is 9.78. The number of hydrogen-bond donors (Lipinski definition) is 1. The summed E-state index contributed by atoms with van der Waals surface area (Å²) >= 11 is 0. The third-order valence-electron chi connectivity index (χ3n) is 12.6. The molecule has 2 amide bonds. The van der Waals surface area contributed by atoms with Crippen molar-refractivity contribution in [2.24, 2.45) is 10.2 Å². The molecule has 0 bridgehead atoms. The Balaban J connectivity index is 0.000000161. The van der Waals surface area contributed by atoms with Gasteiger partial charge in [0, 0.05) is 45.5 Å². The fourth-order valence-corrected chi connectivity index (χ4v) is 9.64. The van der Waals surface area contributed by atoms with E-state index in [1.54, 1.807) is 0 Å². The maximum atomic E-state index is 14.6. The zero-order chi connectivity index (χ0) is 44.3. The van der Waals surface area contributed by atoms with Crippen LogP contribution in [-0.2, 0) is 30.5 Å². The van der Waals surface area contributed by atoms with Gasteiger partial charge in [-0.1, -0.05) is 30.8 Å². The van der Waals surface area contributed by atoms with Crippen LogP contribution in [0.3, 0.4) is 0 Å². The highest BCUT2D eigenvalue weighted by molar-refractivity contribution is 5.98. The molecule has 1 N–H and O–H groups in total. The van der Waals surface area contributed by atoms with Gasteiger partial charge in [-0.2, -0.15) is 10.0 Å². The number of ether oxygens (including phenoxy) is 4. The Morgan fingerprint density at radius 3 is 1.48 bits per heavy atom. The van der Waals surface area contributed by atoms with Crippen LogP contribution in [0.4, 0.5) is 17.6 Å². The minimum Gasteiger partial charge on any atom is -0.486 e. The van der Waals surface area contributed by atoms with Gasteiger partial charge in [0.2, 0.25) is 35.1 Å². The van der Waals surface area contributed by atoms with E-state index < -0.39 is 45.9 Å². The van der Waals surface area contributed by atoms with E-state index in [0.717, 1.165) is 81.1 Å². The van der Waals surface area contributed by atoms with Crippen LogP contribution in [0.15, 0.2) is 107 Å². The lowest BCUT2D eigenvalue weighted by Crippen LogP contribution is -2.58. The van der Waals surface area contributed by atoms with Gasteiger partial charge in [0.15, 0.2) is 0 Å². The number of fused-ring (bicyclic) bond motifs is 4. The van der Waals surface area contributed by atoms with Gasteiger partial charge in [0.05, 0.1) is 35.1 Å². The van der Waals surface area contributed by atoms with Crippen LogP contribution < -0.4 is 14.8 Å². The van der Waals surface area contributed by atoms with E-state index in [4.69, 9.17) is 18.9 Å². The Labute approximate surface area is 361 Å². The van der Waals surface area contributed by atoms with Crippen LogP contribution in [0.1, 0.15) is 81.5 Å². The summed E-state index contributed by atoms with van der Waals surface area (Å²) in [4.78, 5) is 27.6. The molecule has 2 atom stereocenters. The summed E-state index contributed by atoms with van der Waals surface area (Å²) in [7, 11) is 0. The number of nitrogens with one attached hydrogen (secondary N) is 1. The van der Waals surface area contributed by atoms with Crippen molar-refractivity contribution in [2.45, 2.75) is 81.9 Å². The first-order chi connectivity index (χ1) is 30.2. The van der Waals surface area contributed by atoms with Crippen molar-refractivity contribution in [2.75, 3.05) is 26.2 Å². The smallest absolute Gasteiger partial charge is 0.244 e. The van der Waals surface area contributed by atoms with Crippen molar-refractivity contribution in [1.82, 2.24) is 20.2 Å². The van der Waals surface area contributed by atoms with Crippen molar-refractivity contribution < 1.29 is 46.1 Å². The summed E-state index contributed by atoms with van der Waals surface area (Å²) in [5, 5.41) is 14.5. The Morgan fingerprint density at radius 1 is 0.619 bits per heavy atom. The first kappa shape index (κ1) is 41.9. The molecule has 2 unspecified atom stereocenters. The second-order valence-corrected chi connectivity index (χ2v) is 16.9. The standard InChI is InChI=1S/C25H25F2N3O3.C22H21F2N3O3/c1-16(2)29-12-10-24(11-13-29)15-25(20-6-4-5-7-22(20)32-24)30(17(3)31)28-23(33-25)19-14-18(26)8-9-21(19)27;1-14(28)27-22(30-20(26-27)16-12-15(23)6-7-18(16)24)13-21(8-10-25-11-9-21)29-19-5-3-2-4-17(19)22/h4-9,14H,1,10-13,15H2,2-3H3;2-7,12,25H,8-11,13H2,1H3. The van der Waals surface area contributed by atoms with E-state index in [0.29, 0.717) is 48.3 Å². The summed E-state index contributed by atoms with van der Waals surface area (Å²) in [6.07, 6.45) is 3.47. The molecule has 6 aliphatic rings. The van der Waals surface area contributed by atoms with Crippen molar-refractivity contribution in [3.05, 3.63) is 143 Å². The highest BCUT2D eigenvalue weighted by atomic mass is 19.1. The van der Waals surface area contributed by atoms with Crippen LogP contribution in [0.25, 0.3) is 0 Å². The number of rotatable bonds is 3. The summed E-state index contributed by atoms with van der Waals surface area (Å²) in [5.74, 6) is -2.37. The molecule has 4 aromatic carbocycles. The molecule has 12 nitrogen and oxygen atoms in total. The number of nitrogens with zero attached hydrogens (tertiary/aromatic N) is 5. The molecule has 0 aromatic heterocycles. The zero-order valence-corrected chi connectivity index (χ0v) is 35.1. The van der Waals surface area contributed by atoms with Crippen LogP contribution >= 0.6 is 0 Å². The third-order valence-corrected chi connectivity index (χ3v) is 12.6. The second-order valence-electron chi connectivity index (χ2n) is 16.9. The van der Waals surface area contributed by atoms with Crippen molar-refractivity contribution in [1.29, 1.82) is 0 Å². The molecule has 6 aliphatic heterocycles. The predicted molar refractivity (Wildman–Crippen MR) is 223 cm³/mol. The molecule has 2 fully saturated rings. The molecule has 2 saturated heterocycles. The van der Waals surface area contributed by atoms with E-state index in [9.17, 15) is 27.2 Å². The Hall–Kier alpha value is -6.42. The monoisotopic (exact) mass is 866 g/mol. The fourth-order valence-electron chi connectivity index (χ4n) is 9.64. The molecule has 0 aliphatic carbocycles. The van der Waals surface area contributed by atoms with Gasteiger partial charge in [0.25, 0.3) is 0 Å². The van der Waals surface area contributed by atoms with Gasteiger partial charge >= 0.3 is 0 Å². The summed E-state index contributed by atoms with van der Waals surface area (Å²) in [5.41, 5.74) is -1.77. The van der Waals surface area contributed by atoms with Gasteiger partial charge in [0.1, 0.15) is 46.0 Å². The van der Waals surface area contributed by atoms with Gasteiger partial charge in [-0.15, -0.1) is 10.2 Å². The van der Waals surface area contributed by atoms with E-state index in [1.165, 1.54) is 23.9 Å². The molecule has 16 heteroatoms. The normalized spacial score (nSPS) is 23.6. The molecule has 10 rings (SSSR count). The maximum absolute atomic E-state index is 14.6. The number of allylic oxidation sites excluding steroid dienone is 1. The molecule has 6 heterocycles. The van der Waals surface area contributed by atoms with E-state index in [2.05, 4.69) is 27.0 Å². The first-order valence-electron chi connectivity index (χ1n) is 20.9. The average Bonchev–Trinajstić information content (AvgIpc) is 3.83. The number of benzene rings is 4. The molecular weight excluding hydrogens is 821 g/mol. The average molecular weight is 867 g/mol. The quantitative estimate of drug-likeness (QED) is 0.208. The lowest BCUT2D eigenvalue weighted by molar-refractivity contribution is -0.172. The summed E-state index contributed by atoms with van der Waals surface area (Å²) in [6, 6.07) is 20.8. The number of piperidine rings is 2. The molecule has 0 saturated carbocycles. The predicted octanol–water partition coefficient (Wildman–Crippen LogP) is 7.77. The first-order valence-corrected chi connectivity index (χ1v) is 20.9. The summed E-state index contributed by atoms with van der Waals surface area (Å²) < 4.78 is 82.4. The molecule has 328 valence electrons. The highest BCUT2D eigenvalue weighted by Crippen LogP contribution is 2.55. The minimum absolute atomic E-state index is 0.122. The summed E-state index contributed by atoms with van der Waals surface area (Å²) in [6.45, 7) is 11.8. The maximum Gasteiger partial charge on any atom is 0.244 e. The number of amides is 2. The van der Waals surface area contributed by atoms with Crippen LogP contribution in [0.2, 0.25) is 0 Å². The van der Waals surface area contributed by atoms with E-state index >= 15 is 0 Å².